The van der Waals surface area contributed by atoms with Crippen LogP contribution >= 0.6 is 0 Å². The van der Waals surface area contributed by atoms with Crippen molar-refractivity contribution in [1.82, 2.24) is 9.97 Å². The molecule has 0 spiro atoms. The molecule has 1 aromatic heterocycles. The molecule has 0 saturated heterocycles. The topological polar surface area (TPSA) is 79.8 Å². The van der Waals surface area contributed by atoms with Gasteiger partial charge in [-0.05, 0) is 18.6 Å². The van der Waals surface area contributed by atoms with Crippen LogP contribution in [0.3, 0.4) is 0 Å². The monoisotopic (exact) mass is 356 g/mol. The normalized spacial score (nSPS) is 9.69. The highest BCUT2D eigenvalue weighted by molar-refractivity contribution is 5.95. The number of hydrogen-bond acceptors (Lipinski definition) is 7. The van der Waals surface area contributed by atoms with Crippen molar-refractivity contribution in [3.8, 4) is 35.4 Å². The predicted octanol–water partition coefficient (Wildman–Crippen LogP) is 3.22. The Morgan fingerprint density at radius 3 is 2.38 bits per heavy atom. The maximum absolute atomic E-state index is 12.3. The number of carbonyl (C=O) groups excluding carboxylic acids is 1. The molecule has 0 fully saturated rings. The summed E-state index contributed by atoms with van der Waals surface area (Å²) < 4.78 is 20.8. The molecule has 7 nitrogen and oxygen atoms in total. The van der Waals surface area contributed by atoms with E-state index in [1.54, 1.807) is 18.2 Å². The molecule has 0 N–H and O–H groups in total. The Bertz CT molecular complexity index is 817. The number of ether oxygens (including phenoxy) is 4. The van der Waals surface area contributed by atoms with Crippen LogP contribution in [0.1, 0.15) is 35.7 Å². The number of nitrogens with zero attached hydrogens (tertiary/aromatic N) is 2. The highest BCUT2D eigenvalue weighted by atomic mass is 16.5. The van der Waals surface area contributed by atoms with Gasteiger partial charge in [0.05, 0.1) is 27.4 Å². The van der Waals surface area contributed by atoms with Crippen LogP contribution in [0.15, 0.2) is 24.3 Å². The molecule has 1 aromatic carbocycles. The van der Waals surface area contributed by atoms with Gasteiger partial charge in [-0.15, -0.1) is 0 Å². The molecule has 136 valence electrons. The number of hydrogen-bond donors (Lipinski definition) is 0. The zero-order chi connectivity index (χ0) is 18.9. The first-order chi connectivity index (χ1) is 12.6. The third-order valence-corrected chi connectivity index (χ3v) is 3.29. The van der Waals surface area contributed by atoms with E-state index in [4.69, 9.17) is 18.9 Å². The molecular formula is C19H20N2O5. The smallest absolute Gasteiger partial charge is 0.342 e. The summed E-state index contributed by atoms with van der Waals surface area (Å²) in [6.45, 7) is 2.03. The number of rotatable bonds is 6. The van der Waals surface area contributed by atoms with Crippen LogP contribution in [0.25, 0.3) is 0 Å². The van der Waals surface area contributed by atoms with E-state index in [0.29, 0.717) is 5.56 Å². The average Bonchev–Trinajstić information content (AvgIpc) is 2.67. The minimum absolute atomic E-state index is 0.0231. The van der Waals surface area contributed by atoms with Gasteiger partial charge in [-0.1, -0.05) is 24.8 Å². The van der Waals surface area contributed by atoms with Crippen LogP contribution < -0.4 is 14.2 Å². The molecule has 1 heterocycles. The molecule has 7 heteroatoms. The summed E-state index contributed by atoms with van der Waals surface area (Å²) in [4.78, 5) is 20.5. The highest BCUT2D eigenvalue weighted by Gasteiger charge is 2.19. The minimum Gasteiger partial charge on any atom is -0.481 e. The lowest BCUT2D eigenvalue weighted by atomic mass is 10.1. The number of benzene rings is 1. The molecule has 2 rings (SSSR count). The van der Waals surface area contributed by atoms with Gasteiger partial charge >= 0.3 is 12.0 Å². The fraction of sp³-hybridized carbons (Fsp3) is 0.316. The molecule has 0 aliphatic heterocycles. The van der Waals surface area contributed by atoms with E-state index < -0.39 is 5.97 Å². The van der Waals surface area contributed by atoms with Crippen molar-refractivity contribution in [2.75, 3.05) is 21.3 Å². The minimum atomic E-state index is -0.559. The summed E-state index contributed by atoms with van der Waals surface area (Å²) in [6.07, 6.45) is 1.65. The first-order valence-electron chi connectivity index (χ1n) is 7.98. The first-order valence-corrected chi connectivity index (χ1v) is 7.98. The van der Waals surface area contributed by atoms with Crippen molar-refractivity contribution < 1.29 is 23.7 Å². The van der Waals surface area contributed by atoms with Gasteiger partial charge in [-0.3, -0.25) is 0 Å². The van der Waals surface area contributed by atoms with Crippen molar-refractivity contribution in [1.29, 1.82) is 0 Å². The number of methoxy groups -OCH3 is 3. The number of aromatic nitrogens is 2. The SMILES string of the molecule is CCCC#Cc1cccc(Oc2nc(OC)cc(OC)n2)c1C(=O)OC. The molecule has 26 heavy (non-hydrogen) atoms. The molecule has 0 amide bonds. The highest BCUT2D eigenvalue weighted by Crippen LogP contribution is 2.29. The summed E-state index contributed by atoms with van der Waals surface area (Å²) in [5.41, 5.74) is 0.724. The van der Waals surface area contributed by atoms with Crippen molar-refractivity contribution in [2.24, 2.45) is 0 Å². The zero-order valence-electron chi connectivity index (χ0n) is 15.2. The lowest BCUT2D eigenvalue weighted by Gasteiger charge is -2.11. The number of carbonyl (C=O) groups is 1. The Balaban J connectivity index is 2.48. The lowest BCUT2D eigenvalue weighted by molar-refractivity contribution is 0.0597. The van der Waals surface area contributed by atoms with Crippen LogP contribution in [0, 0.1) is 11.8 Å². The Labute approximate surface area is 152 Å². The van der Waals surface area contributed by atoms with E-state index >= 15 is 0 Å². The van der Waals surface area contributed by atoms with Crippen LogP contribution in [-0.2, 0) is 4.74 Å². The van der Waals surface area contributed by atoms with Gasteiger partial charge < -0.3 is 18.9 Å². The van der Waals surface area contributed by atoms with Crippen LogP contribution in [0.4, 0.5) is 0 Å². The predicted molar refractivity (Wildman–Crippen MR) is 94.8 cm³/mol. The Hall–Kier alpha value is -3.27. The third-order valence-electron chi connectivity index (χ3n) is 3.29. The fourth-order valence-electron chi connectivity index (χ4n) is 2.05. The van der Waals surface area contributed by atoms with E-state index in [2.05, 4.69) is 21.8 Å². The van der Waals surface area contributed by atoms with E-state index in [-0.39, 0.29) is 29.1 Å². The van der Waals surface area contributed by atoms with Gasteiger partial charge in [-0.25, -0.2) is 4.79 Å². The van der Waals surface area contributed by atoms with Gasteiger partial charge in [0.15, 0.2) is 0 Å². The van der Waals surface area contributed by atoms with Crippen LogP contribution in [0.2, 0.25) is 0 Å². The molecular weight excluding hydrogens is 336 g/mol. The second-order valence-corrected chi connectivity index (χ2v) is 5.06. The molecule has 0 bridgehead atoms. The summed E-state index contributed by atoms with van der Waals surface area (Å²) in [5, 5.41) is 0. The Morgan fingerprint density at radius 1 is 1.12 bits per heavy atom. The number of unbranched alkanes of at least 4 members (excludes halogenated alkanes) is 1. The third kappa shape index (κ3) is 4.63. The fourth-order valence-corrected chi connectivity index (χ4v) is 2.05. The first kappa shape index (κ1) is 19.1. The molecule has 0 radical (unpaired) electrons. The van der Waals surface area contributed by atoms with Crippen LogP contribution in [0.5, 0.6) is 23.5 Å². The molecule has 0 aliphatic rings. The molecule has 2 aromatic rings. The quantitative estimate of drug-likeness (QED) is 0.581. The summed E-state index contributed by atoms with van der Waals surface area (Å²) >= 11 is 0. The van der Waals surface area contributed by atoms with Crippen molar-refractivity contribution in [2.45, 2.75) is 19.8 Å². The van der Waals surface area contributed by atoms with Crippen molar-refractivity contribution in [3.63, 3.8) is 0 Å². The second kappa shape index (κ2) is 9.28. The molecule has 0 saturated carbocycles. The van der Waals surface area contributed by atoms with E-state index in [9.17, 15) is 4.79 Å². The van der Waals surface area contributed by atoms with Gasteiger partial charge in [0.1, 0.15) is 11.3 Å². The standard InChI is InChI=1S/C19H20N2O5/c1-5-6-7-9-13-10-8-11-14(17(13)18(22)25-4)26-19-20-15(23-2)12-16(21-19)24-3/h8,10-12H,5-6H2,1-4H3. The summed E-state index contributed by atoms with van der Waals surface area (Å²) in [7, 11) is 4.23. The van der Waals surface area contributed by atoms with E-state index in [1.165, 1.54) is 27.4 Å². The van der Waals surface area contributed by atoms with Crippen molar-refractivity contribution >= 4 is 5.97 Å². The average molecular weight is 356 g/mol. The molecule has 0 aliphatic carbocycles. The second-order valence-electron chi connectivity index (χ2n) is 5.06. The lowest BCUT2D eigenvalue weighted by Crippen LogP contribution is -2.07. The van der Waals surface area contributed by atoms with Gasteiger partial charge in [0.25, 0.3) is 0 Å². The maximum Gasteiger partial charge on any atom is 0.342 e. The summed E-state index contributed by atoms with van der Waals surface area (Å²) in [5.74, 6) is 6.20. The van der Waals surface area contributed by atoms with Gasteiger partial charge in [0, 0.05) is 12.0 Å². The zero-order valence-corrected chi connectivity index (χ0v) is 15.2. The Kier molecular flexibility index (Phi) is 6.80. The van der Waals surface area contributed by atoms with Crippen molar-refractivity contribution in [3.05, 3.63) is 35.4 Å². The van der Waals surface area contributed by atoms with Gasteiger partial charge in [0.2, 0.25) is 11.8 Å². The van der Waals surface area contributed by atoms with Gasteiger partial charge in [-0.2, -0.15) is 9.97 Å². The maximum atomic E-state index is 12.3. The molecule has 0 unspecified atom stereocenters. The summed E-state index contributed by atoms with van der Waals surface area (Å²) in [6, 6.07) is 6.57. The largest absolute Gasteiger partial charge is 0.481 e. The Morgan fingerprint density at radius 2 is 1.81 bits per heavy atom. The number of esters is 1. The molecule has 0 atom stereocenters. The van der Waals surface area contributed by atoms with E-state index in [1.807, 2.05) is 6.92 Å². The van der Waals surface area contributed by atoms with E-state index in [0.717, 1.165) is 12.8 Å². The van der Waals surface area contributed by atoms with Crippen LogP contribution in [-0.4, -0.2) is 37.3 Å².